The first kappa shape index (κ1) is 12.7. The lowest BCUT2D eigenvalue weighted by atomic mass is 10.2. The molecule has 0 bridgehead atoms. The van der Waals surface area contributed by atoms with Gasteiger partial charge in [-0.05, 0) is 46.6 Å². The molecule has 1 aromatic carbocycles. The zero-order chi connectivity index (χ0) is 12.6. The minimum atomic E-state index is 0.688. The number of anilines is 3. The van der Waals surface area contributed by atoms with Crippen LogP contribution in [0.4, 0.5) is 16.4 Å². The quantitative estimate of drug-likeness (QED) is 0.799. The zero-order valence-electron chi connectivity index (χ0n) is 9.50. The number of halogens is 2. The summed E-state index contributed by atoms with van der Waals surface area (Å²) >= 11 is 11.1. The van der Waals surface area contributed by atoms with Gasteiger partial charge in [0.2, 0.25) is 0 Å². The molecule has 17 heavy (non-hydrogen) atoms. The van der Waals surface area contributed by atoms with Crippen LogP contribution in [0.2, 0.25) is 5.02 Å². The first-order valence-electron chi connectivity index (χ1n) is 5.02. The first-order chi connectivity index (χ1) is 7.99. The second kappa shape index (κ2) is 4.88. The van der Waals surface area contributed by atoms with Crippen LogP contribution >= 0.6 is 38.9 Å². The van der Waals surface area contributed by atoms with Crippen molar-refractivity contribution in [3.05, 3.63) is 38.6 Å². The largest absolute Gasteiger partial charge is 0.397 e. The van der Waals surface area contributed by atoms with E-state index in [4.69, 9.17) is 17.3 Å². The van der Waals surface area contributed by atoms with Gasteiger partial charge in [-0.2, -0.15) is 0 Å². The van der Waals surface area contributed by atoms with Crippen LogP contribution in [-0.4, -0.2) is 7.05 Å². The lowest BCUT2D eigenvalue weighted by Crippen LogP contribution is -2.10. The van der Waals surface area contributed by atoms with Gasteiger partial charge in [0.1, 0.15) is 0 Å². The SMILES string of the molecule is Cc1cc(N(C)c2cc(Br)cs2)c(N)cc1Cl. The summed E-state index contributed by atoms with van der Waals surface area (Å²) in [7, 11) is 2.00. The van der Waals surface area contributed by atoms with Gasteiger partial charge < -0.3 is 10.6 Å². The Morgan fingerprint density at radius 1 is 1.35 bits per heavy atom. The summed E-state index contributed by atoms with van der Waals surface area (Å²) in [6.07, 6.45) is 0. The third-order valence-corrected chi connectivity index (χ3v) is 4.73. The molecule has 1 aromatic heterocycles. The Bertz CT molecular complexity index is 553. The van der Waals surface area contributed by atoms with E-state index >= 15 is 0 Å². The van der Waals surface area contributed by atoms with Crippen LogP contribution in [0, 0.1) is 6.92 Å². The van der Waals surface area contributed by atoms with Crippen LogP contribution in [-0.2, 0) is 0 Å². The highest BCUT2D eigenvalue weighted by molar-refractivity contribution is 9.10. The molecular weight excluding hydrogens is 320 g/mol. The minimum Gasteiger partial charge on any atom is -0.397 e. The van der Waals surface area contributed by atoms with Crippen molar-refractivity contribution in [3.8, 4) is 0 Å². The van der Waals surface area contributed by atoms with Gasteiger partial charge in [0.15, 0.2) is 0 Å². The van der Waals surface area contributed by atoms with E-state index in [1.807, 2.05) is 25.4 Å². The van der Waals surface area contributed by atoms with Crippen LogP contribution in [0.5, 0.6) is 0 Å². The van der Waals surface area contributed by atoms with Gasteiger partial charge in [-0.25, -0.2) is 0 Å². The number of nitrogens with zero attached hydrogens (tertiary/aromatic N) is 1. The first-order valence-corrected chi connectivity index (χ1v) is 7.07. The van der Waals surface area contributed by atoms with Crippen LogP contribution in [0.3, 0.4) is 0 Å². The van der Waals surface area contributed by atoms with E-state index < -0.39 is 0 Å². The van der Waals surface area contributed by atoms with Crippen molar-refractivity contribution in [3.63, 3.8) is 0 Å². The zero-order valence-corrected chi connectivity index (χ0v) is 12.7. The summed E-state index contributed by atoms with van der Waals surface area (Å²) in [6, 6.07) is 5.87. The third-order valence-electron chi connectivity index (χ3n) is 2.55. The Hall–Kier alpha value is -0.710. The van der Waals surface area contributed by atoms with Gasteiger partial charge in [0.25, 0.3) is 0 Å². The monoisotopic (exact) mass is 330 g/mol. The van der Waals surface area contributed by atoms with Gasteiger partial charge in [-0.1, -0.05) is 11.6 Å². The highest BCUT2D eigenvalue weighted by atomic mass is 79.9. The highest BCUT2D eigenvalue weighted by Crippen LogP contribution is 2.36. The Labute approximate surface area is 118 Å². The van der Waals surface area contributed by atoms with Crippen molar-refractivity contribution in [1.82, 2.24) is 0 Å². The van der Waals surface area contributed by atoms with Gasteiger partial charge in [-0.3, -0.25) is 0 Å². The number of nitrogens with two attached hydrogens (primary N) is 1. The average molecular weight is 332 g/mol. The minimum absolute atomic E-state index is 0.688. The van der Waals surface area contributed by atoms with E-state index in [9.17, 15) is 0 Å². The highest BCUT2D eigenvalue weighted by Gasteiger charge is 2.11. The van der Waals surface area contributed by atoms with E-state index in [1.54, 1.807) is 17.4 Å². The molecule has 0 amide bonds. The predicted molar refractivity (Wildman–Crippen MR) is 80.7 cm³/mol. The summed E-state index contributed by atoms with van der Waals surface area (Å²) in [5, 5.41) is 3.88. The summed E-state index contributed by atoms with van der Waals surface area (Å²) in [4.78, 5) is 2.06. The molecule has 0 radical (unpaired) electrons. The number of thiophene rings is 1. The summed E-state index contributed by atoms with van der Waals surface area (Å²) in [5.41, 5.74) is 8.69. The molecule has 2 rings (SSSR count). The standard InChI is InChI=1S/C12H12BrClN2S/c1-7-3-11(10(15)5-9(7)14)16(2)12-4-8(13)6-17-12/h3-6H,15H2,1-2H3. The predicted octanol–water partition coefficient (Wildman–Crippen LogP) is 4.82. The fourth-order valence-electron chi connectivity index (χ4n) is 1.57. The van der Waals surface area contributed by atoms with E-state index in [1.165, 1.54) is 0 Å². The molecular formula is C12H12BrClN2S. The molecule has 1 heterocycles. The van der Waals surface area contributed by atoms with Gasteiger partial charge in [-0.15, -0.1) is 11.3 Å². The second-order valence-corrected chi connectivity index (χ2v) is 6.03. The number of benzene rings is 1. The average Bonchev–Trinajstić information content (AvgIpc) is 2.69. The number of hydrogen-bond donors (Lipinski definition) is 1. The normalized spacial score (nSPS) is 10.6. The summed E-state index contributed by atoms with van der Waals surface area (Å²) < 4.78 is 1.08. The molecule has 0 aliphatic carbocycles. The number of hydrogen-bond acceptors (Lipinski definition) is 3. The van der Waals surface area contributed by atoms with Crippen LogP contribution < -0.4 is 10.6 Å². The second-order valence-electron chi connectivity index (χ2n) is 3.82. The fourth-order valence-corrected chi connectivity index (χ4v) is 3.14. The van der Waals surface area contributed by atoms with Gasteiger partial charge >= 0.3 is 0 Å². The van der Waals surface area contributed by atoms with E-state index in [0.717, 1.165) is 20.7 Å². The molecule has 2 nitrogen and oxygen atoms in total. The molecule has 0 spiro atoms. The molecule has 0 saturated heterocycles. The van der Waals surface area contributed by atoms with Crippen molar-refractivity contribution >= 4 is 55.2 Å². The van der Waals surface area contributed by atoms with Crippen molar-refractivity contribution in [1.29, 1.82) is 0 Å². The number of aryl methyl sites for hydroxylation is 1. The lowest BCUT2D eigenvalue weighted by molar-refractivity contribution is 1.23. The lowest BCUT2D eigenvalue weighted by Gasteiger charge is -2.20. The molecule has 0 aliphatic heterocycles. The van der Waals surface area contributed by atoms with E-state index in [2.05, 4.69) is 26.9 Å². The molecule has 2 N–H and O–H groups in total. The molecule has 5 heteroatoms. The molecule has 90 valence electrons. The molecule has 0 atom stereocenters. The summed E-state index contributed by atoms with van der Waals surface area (Å²) in [6.45, 7) is 1.98. The molecule has 2 aromatic rings. The maximum atomic E-state index is 6.04. The molecule has 0 saturated carbocycles. The van der Waals surface area contributed by atoms with E-state index in [0.29, 0.717) is 10.7 Å². The third kappa shape index (κ3) is 2.59. The van der Waals surface area contributed by atoms with Crippen LogP contribution in [0.1, 0.15) is 5.56 Å². The van der Waals surface area contributed by atoms with Gasteiger partial charge in [0, 0.05) is 21.9 Å². The van der Waals surface area contributed by atoms with Crippen molar-refractivity contribution in [2.75, 3.05) is 17.7 Å². The Kier molecular flexibility index (Phi) is 3.66. The van der Waals surface area contributed by atoms with Gasteiger partial charge in [0.05, 0.1) is 16.4 Å². The molecule has 0 aliphatic rings. The van der Waals surface area contributed by atoms with Crippen LogP contribution in [0.15, 0.2) is 28.1 Å². The Morgan fingerprint density at radius 2 is 2.06 bits per heavy atom. The van der Waals surface area contributed by atoms with E-state index in [-0.39, 0.29) is 0 Å². The number of rotatable bonds is 2. The fraction of sp³-hybridized carbons (Fsp3) is 0.167. The topological polar surface area (TPSA) is 29.3 Å². The smallest absolute Gasteiger partial charge is 0.0962 e. The van der Waals surface area contributed by atoms with Crippen molar-refractivity contribution in [2.45, 2.75) is 6.92 Å². The molecule has 0 fully saturated rings. The van der Waals surface area contributed by atoms with Crippen molar-refractivity contribution in [2.24, 2.45) is 0 Å². The number of nitrogen functional groups attached to an aromatic ring is 1. The maximum Gasteiger partial charge on any atom is 0.0962 e. The Morgan fingerprint density at radius 3 is 2.65 bits per heavy atom. The van der Waals surface area contributed by atoms with Crippen LogP contribution in [0.25, 0.3) is 0 Å². The van der Waals surface area contributed by atoms with Crippen molar-refractivity contribution < 1.29 is 0 Å². The molecule has 0 unspecified atom stereocenters. The summed E-state index contributed by atoms with van der Waals surface area (Å²) in [5.74, 6) is 0. The Balaban J connectivity index is 2.43. The maximum absolute atomic E-state index is 6.04.